The second-order valence-corrected chi connectivity index (χ2v) is 8.48. The van der Waals surface area contributed by atoms with Crippen molar-refractivity contribution < 1.29 is 4.79 Å². The van der Waals surface area contributed by atoms with Crippen molar-refractivity contribution in [2.75, 3.05) is 19.6 Å². The molecule has 5 rings (SSSR count). The molecule has 3 heteroatoms. The lowest BCUT2D eigenvalue weighted by atomic mass is 9.52. The highest BCUT2D eigenvalue weighted by atomic mass is 16.2. The van der Waals surface area contributed by atoms with Gasteiger partial charge in [0.15, 0.2) is 0 Å². The van der Waals surface area contributed by atoms with Gasteiger partial charge < -0.3 is 10.2 Å². The number of carbonyl (C=O) groups is 1. The van der Waals surface area contributed by atoms with Crippen LogP contribution in [0.2, 0.25) is 0 Å². The lowest BCUT2D eigenvalue weighted by molar-refractivity contribution is -0.132. The summed E-state index contributed by atoms with van der Waals surface area (Å²) in [5, 5.41) is 3.43. The summed E-state index contributed by atoms with van der Waals surface area (Å²) in [5.74, 6) is 5.24. The zero-order valence-electron chi connectivity index (χ0n) is 14.1. The molecule has 0 unspecified atom stereocenters. The monoisotopic (exact) mass is 304 g/mol. The SMILES string of the molecule is CCNCC[C@H]1CCC(=O)N1CC1C2CC3CC(C2)CC1C3. The average molecular weight is 304 g/mol. The summed E-state index contributed by atoms with van der Waals surface area (Å²) in [6.45, 7) is 5.35. The van der Waals surface area contributed by atoms with Crippen molar-refractivity contribution in [1.29, 1.82) is 0 Å². The number of rotatable bonds is 6. The Kier molecular flexibility index (Phi) is 4.19. The molecule has 0 spiro atoms. The van der Waals surface area contributed by atoms with Crippen molar-refractivity contribution in [3.05, 3.63) is 0 Å². The van der Waals surface area contributed by atoms with Crippen LogP contribution < -0.4 is 5.32 Å². The molecule has 1 amide bonds. The van der Waals surface area contributed by atoms with E-state index in [0.29, 0.717) is 11.9 Å². The molecule has 22 heavy (non-hydrogen) atoms. The summed E-state index contributed by atoms with van der Waals surface area (Å²) in [6, 6.07) is 0.517. The first kappa shape index (κ1) is 15.0. The van der Waals surface area contributed by atoms with Crippen molar-refractivity contribution >= 4 is 5.91 Å². The maximum atomic E-state index is 12.4. The van der Waals surface area contributed by atoms with E-state index in [4.69, 9.17) is 0 Å². The van der Waals surface area contributed by atoms with E-state index in [1.807, 2.05) is 0 Å². The zero-order valence-corrected chi connectivity index (χ0v) is 14.1. The largest absolute Gasteiger partial charge is 0.339 e. The van der Waals surface area contributed by atoms with Gasteiger partial charge in [-0.1, -0.05) is 6.92 Å². The topological polar surface area (TPSA) is 32.3 Å². The number of nitrogens with zero attached hydrogens (tertiary/aromatic N) is 1. The molecule has 1 heterocycles. The van der Waals surface area contributed by atoms with Crippen molar-refractivity contribution in [3.63, 3.8) is 0 Å². The number of nitrogens with one attached hydrogen (secondary N) is 1. The number of hydrogen-bond donors (Lipinski definition) is 1. The first-order valence-corrected chi connectivity index (χ1v) is 9.74. The van der Waals surface area contributed by atoms with E-state index in [0.717, 1.165) is 68.5 Å². The molecular formula is C19H32N2O. The van der Waals surface area contributed by atoms with E-state index in [1.165, 1.54) is 32.1 Å². The fraction of sp³-hybridized carbons (Fsp3) is 0.947. The molecule has 5 aliphatic rings. The summed E-state index contributed by atoms with van der Waals surface area (Å²) in [7, 11) is 0. The van der Waals surface area contributed by atoms with E-state index in [-0.39, 0.29) is 0 Å². The van der Waals surface area contributed by atoms with Gasteiger partial charge in [0.1, 0.15) is 0 Å². The third-order valence-corrected chi connectivity index (χ3v) is 7.19. The number of amides is 1. The van der Waals surface area contributed by atoms with Crippen LogP contribution in [-0.4, -0.2) is 36.5 Å². The van der Waals surface area contributed by atoms with Gasteiger partial charge in [-0.25, -0.2) is 0 Å². The second-order valence-electron chi connectivity index (χ2n) is 8.48. The molecule has 3 nitrogen and oxygen atoms in total. The first-order chi connectivity index (χ1) is 10.7. The third kappa shape index (κ3) is 2.70. The molecule has 1 aliphatic heterocycles. The van der Waals surface area contributed by atoms with Gasteiger partial charge in [0.2, 0.25) is 5.91 Å². The lowest BCUT2D eigenvalue weighted by Crippen LogP contribution is -2.50. The van der Waals surface area contributed by atoms with E-state index in [1.54, 1.807) is 0 Å². The van der Waals surface area contributed by atoms with Crippen molar-refractivity contribution in [3.8, 4) is 0 Å². The zero-order chi connectivity index (χ0) is 15.1. The molecule has 4 bridgehead atoms. The molecule has 124 valence electrons. The van der Waals surface area contributed by atoms with E-state index >= 15 is 0 Å². The summed E-state index contributed by atoms with van der Waals surface area (Å²) in [6.07, 6.45) is 10.5. The molecule has 0 aromatic carbocycles. The van der Waals surface area contributed by atoms with Gasteiger partial charge in [-0.3, -0.25) is 4.79 Å². The second kappa shape index (κ2) is 6.14. The molecule has 4 saturated carbocycles. The summed E-state index contributed by atoms with van der Waals surface area (Å²) in [5.41, 5.74) is 0. The fourth-order valence-corrected chi connectivity index (χ4v) is 6.35. The van der Waals surface area contributed by atoms with E-state index in [9.17, 15) is 4.79 Å². The van der Waals surface area contributed by atoms with Crippen molar-refractivity contribution in [1.82, 2.24) is 10.2 Å². The van der Waals surface area contributed by atoms with Gasteiger partial charge in [0, 0.05) is 19.0 Å². The van der Waals surface area contributed by atoms with Gasteiger partial charge in [-0.15, -0.1) is 0 Å². The minimum atomic E-state index is 0.440. The molecule has 4 aliphatic carbocycles. The first-order valence-electron chi connectivity index (χ1n) is 9.74. The highest BCUT2D eigenvalue weighted by molar-refractivity contribution is 5.78. The highest BCUT2D eigenvalue weighted by Gasteiger charge is 2.49. The maximum Gasteiger partial charge on any atom is 0.222 e. The Bertz CT molecular complexity index is 394. The molecular weight excluding hydrogens is 272 g/mol. The van der Waals surface area contributed by atoms with Crippen LogP contribution in [0.15, 0.2) is 0 Å². The van der Waals surface area contributed by atoms with Crippen LogP contribution in [0.4, 0.5) is 0 Å². The number of hydrogen-bond acceptors (Lipinski definition) is 2. The fourth-order valence-electron chi connectivity index (χ4n) is 6.35. The van der Waals surface area contributed by atoms with Gasteiger partial charge in [0.25, 0.3) is 0 Å². The predicted octanol–water partition coefficient (Wildman–Crippen LogP) is 3.05. The quantitative estimate of drug-likeness (QED) is 0.765. The maximum absolute atomic E-state index is 12.4. The smallest absolute Gasteiger partial charge is 0.222 e. The van der Waals surface area contributed by atoms with Crippen molar-refractivity contribution in [2.24, 2.45) is 29.6 Å². The van der Waals surface area contributed by atoms with Crippen LogP contribution in [0.1, 0.15) is 58.3 Å². The summed E-state index contributed by atoms with van der Waals surface area (Å²) >= 11 is 0. The van der Waals surface area contributed by atoms with Gasteiger partial charge >= 0.3 is 0 Å². The highest BCUT2D eigenvalue weighted by Crippen LogP contribution is 2.56. The Morgan fingerprint density at radius 3 is 2.41 bits per heavy atom. The molecule has 0 aromatic rings. The van der Waals surface area contributed by atoms with Crippen LogP contribution in [0.3, 0.4) is 0 Å². The van der Waals surface area contributed by atoms with Crippen LogP contribution in [-0.2, 0) is 4.79 Å². The molecule has 1 atom stereocenters. The number of carbonyl (C=O) groups excluding carboxylic acids is 1. The standard InChI is InChI=1S/C19H32N2O/c1-2-20-6-5-17-3-4-19(22)21(17)12-18-15-8-13-7-14(10-15)11-16(18)9-13/h13-18,20H,2-12H2,1H3/t13?,14?,15?,16?,17-,18?/m1/s1. The van der Waals surface area contributed by atoms with Crippen LogP contribution in [0.5, 0.6) is 0 Å². The molecule has 5 fully saturated rings. The third-order valence-electron chi connectivity index (χ3n) is 7.19. The molecule has 0 radical (unpaired) electrons. The minimum absolute atomic E-state index is 0.440. The summed E-state index contributed by atoms with van der Waals surface area (Å²) < 4.78 is 0. The van der Waals surface area contributed by atoms with Crippen LogP contribution in [0, 0.1) is 29.6 Å². The Balaban J connectivity index is 1.39. The van der Waals surface area contributed by atoms with Gasteiger partial charge in [0.05, 0.1) is 0 Å². The number of likely N-dealkylation sites (tertiary alicyclic amines) is 1. The molecule has 1 saturated heterocycles. The Hall–Kier alpha value is -0.570. The van der Waals surface area contributed by atoms with Crippen LogP contribution >= 0.6 is 0 Å². The van der Waals surface area contributed by atoms with E-state index in [2.05, 4.69) is 17.1 Å². The Morgan fingerprint density at radius 2 is 1.77 bits per heavy atom. The molecule has 1 N–H and O–H groups in total. The van der Waals surface area contributed by atoms with Gasteiger partial charge in [-0.05, 0) is 87.6 Å². The lowest BCUT2D eigenvalue weighted by Gasteiger charge is -2.55. The normalized spacial score (nSPS) is 43.3. The van der Waals surface area contributed by atoms with Gasteiger partial charge in [-0.2, -0.15) is 0 Å². The van der Waals surface area contributed by atoms with Crippen molar-refractivity contribution in [2.45, 2.75) is 64.3 Å². The predicted molar refractivity (Wildman–Crippen MR) is 88.4 cm³/mol. The summed E-state index contributed by atoms with van der Waals surface area (Å²) in [4.78, 5) is 14.7. The van der Waals surface area contributed by atoms with Crippen LogP contribution in [0.25, 0.3) is 0 Å². The Labute approximate surface area is 135 Å². The van der Waals surface area contributed by atoms with E-state index < -0.39 is 0 Å². The molecule has 0 aromatic heterocycles. The minimum Gasteiger partial charge on any atom is -0.339 e. The Morgan fingerprint density at radius 1 is 1.09 bits per heavy atom. The average Bonchev–Trinajstić information content (AvgIpc) is 2.83.